The number of methoxy groups -OCH3 is 1. The number of aromatic hydroxyl groups is 1. The maximum atomic E-state index is 9.48. The third kappa shape index (κ3) is 2.53. The molecular weight excluding hydrogens is 196 g/mol. The van der Waals surface area contributed by atoms with Crippen molar-refractivity contribution in [2.24, 2.45) is 0 Å². The van der Waals surface area contributed by atoms with Crippen molar-refractivity contribution in [3.63, 3.8) is 0 Å². The minimum Gasteiger partial charge on any atom is -0.504 e. The van der Waals surface area contributed by atoms with Crippen LogP contribution in [0.2, 0.25) is 0 Å². The molecule has 0 fully saturated rings. The van der Waals surface area contributed by atoms with Crippen LogP contribution in [0.15, 0.2) is 12.1 Å². The molecule has 1 aliphatic heterocycles. The van der Waals surface area contributed by atoms with Crippen molar-refractivity contribution >= 4 is 0 Å². The Morgan fingerprint density at radius 2 is 2.07 bits per heavy atom. The molecule has 1 aromatic rings. The Bertz CT molecular complexity index is 323. The third-order valence-electron chi connectivity index (χ3n) is 1.82. The van der Waals surface area contributed by atoms with Gasteiger partial charge in [0.2, 0.25) is 12.5 Å². The Morgan fingerprint density at radius 1 is 1.33 bits per heavy atom. The van der Waals surface area contributed by atoms with Crippen LogP contribution in [0.25, 0.3) is 0 Å². The number of benzene rings is 1. The number of phenolic OH excluding ortho intramolecular Hbond substituents is 1. The monoisotopic (exact) mass is 212 g/mol. The molecule has 0 aromatic heterocycles. The summed E-state index contributed by atoms with van der Waals surface area (Å²) < 4.78 is 15.1. The van der Waals surface area contributed by atoms with Gasteiger partial charge in [-0.15, -0.1) is 0 Å². The predicted octanol–water partition coefficient (Wildman–Crippen LogP) is 2.29. The van der Waals surface area contributed by atoms with Crippen LogP contribution in [0, 0.1) is 0 Å². The van der Waals surface area contributed by atoms with Gasteiger partial charge in [-0.3, -0.25) is 0 Å². The minimum atomic E-state index is 0.0991. The predicted molar refractivity (Wildman–Crippen MR) is 56.3 cm³/mol. The molecule has 84 valence electrons. The van der Waals surface area contributed by atoms with E-state index >= 15 is 0 Å². The summed E-state index contributed by atoms with van der Waals surface area (Å²) >= 11 is 0. The Kier molecular flexibility index (Phi) is 4.24. The Hall–Kier alpha value is -1.42. The van der Waals surface area contributed by atoms with E-state index in [1.54, 1.807) is 19.2 Å². The number of hydrogen-bond acceptors (Lipinski definition) is 4. The normalized spacial score (nSPS) is 11.9. The molecule has 15 heavy (non-hydrogen) atoms. The van der Waals surface area contributed by atoms with Crippen LogP contribution in [0.3, 0.4) is 0 Å². The van der Waals surface area contributed by atoms with Crippen LogP contribution in [-0.2, 0) is 11.3 Å². The lowest BCUT2D eigenvalue weighted by atomic mass is 10.2. The second kappa shape index (κ2) is 5.46. The zero-order valence-electron chi connectivity index (χ0n) is 9.24. The fraction of sp³-hybridized carbons (Fsp3) is 0.455. The van der Waals surface area contributed by atoms with E-state index in [0.29, 0.717) is 18.1 Å². The number of phenols is 1. The number of hydrogen-bond donors (Lipinski definition) is 1. The van der Waals surface area contributed by atoms with E-state index in [4.69, 9.17) is 14.2 Å². The van der Waals surface area contributed by atoms with Gasteiger partial charge in [0, 0.05) is 7.11 Å². The van der Waals surface area contributed by atoms with Crippen molar-refractivity contribution in [1.82, 2.24) is 0 Å². The molecule has 0 amide bonds. The summed E-state index contributed by atoms with van der Waals surface area (Å²) in [5.41, 5.74) is 0.865. The van der Waals surface area contributed by atoms with Gasteiger partial charge in [0.1, 0.15) is 0 Å². The second-order valence-electron chi connectivity index (χ2n) is 2.78. The average Bonchev–Trinajstić information content (AvgIpc) is 2.70. The van der Waals surface area contributed by atoms with Gasteiger partial charge in [-0.1, -0.05) is 13.8 Å². The van der Waals surface area contributed by atoms with Crippen molar-refractivity contribution in [1.29, 1.82) is 0 Å². The maximum Gasteiger partial charge on any atom is 0.231 e. The minimum absolute atomic E-state index is 0.0991. The van der Waals surface area contributed by atoms with Crippen LogP contribution < -0.4 is 9.47 Å². The largest absolute Gasteiger partial charge is 0.504 e. The van der Waals surface area contributed by atoms with Gasteiger partial charge >= 0.3 is 0 Å². The smallest absolute Gasteiger partial charge is 0.231 e. The summed E-state index contributed by atoms with van der Waals surface area (Å²) in [5.74, 6) is 1.09. The zero-order chi connectivity index (χ0) is 11.3. The molecule has 0 aliphatic carbocycles. The number of rotatable bonds is 2. The van der Waals surface area contributed by atoms with Crippen LogP contribution in [-0.4, -0.2) is 19.0 Å². The van der Waals surface area contributed by atoms with E-state index in [2.05, 4.69) is 0 Å². The van der Waals surface area contributed by atoms with Gasteiger partial charge < -0.3 is 19.3 Å². The van der Waals surface area contributed by atoms with Crippen LogP contribution >= 0.6 is 0 Å². The van der Waals surface area contributed by atoms with Crippen molar-refractivity contribution < 1.29 is 19.3 Å². The van der Waals surface area contributed by atoms with Gasteiger partial charge in [-0.25, -0.2) is 0 Å². The molecular formula is C11H16O4. The summed E-state index contributed by atoms with van der Waals surface area (Å²) in [5, 5.41) is 9.48. The lowest BCUT2D eigenvalue weighted by Gasteiger charge is -2.03. The third-order valence-corrected chi connectivity index (χ3v) is 1.82. The van der Waals surface area contributed by atoms with Crippen LogP contribution in [0.4, 0.5) is 0 Å². The molecule has 0 saturated heterocycles. The first kappa shape index (κ1) is 11.7. The summed E-state index contributed by atoms with van der Waals surface area (Å²) in [6.45, 7) is 4.61. The standard InChI is InChI=1S/C9H10O4.C2H6/c1-11-4-6-2-7(10)9-8(3-6)12-5-13-9;1-2/h2-3,10H,4-5H2,1H3;1-2H3. The van der Waals surface area contributed by atoms with Crippen LogP contribution in [0.5, 0.6) is 17.2 Å². The Balaban J connectivity index is 0.000000531. The molecule has 0 atom stereocenters. The maximum absolute atomic E-state index is 9.48. The second-order valence-corrected chi connectivity index (χ2v) is 2.78. The highest BCUT2D eigenvalue weighted by molar-refractivity contribution is 5.54. The van der Waals surface area contributed by atoms with Crippen molar-refractivity contribution in [3.8, 4) is 17.2 Å². The average molecular weight is 212 g/mol. The number of fused-ring (bicyclic) bond motifs is 1. The van der Waals surface area contributed by atoms with E-state index in [9.17, 15) is 5.11 Å². The molecule has 4 nitrogen and oxygen atoms in total. The summed E-state index contributed by atoms with van der Waals surface area (Å²) in [6, 6.07) is 3.41. The van der Waals surface area contributed by atoms with Crippen molar-refractivity contribution in [3.05, 3.63) is 17.7 Å². The van der Waals surface area contributed by atoms with Gasteiger partial charge in [0.15, 0.2) is 11.5 Å². The fourth-order valence-corrected chi connectivity index (χ4v) is 1.30. The van der Waals surface area contributed by atoms with Crippen molar-refractivity contribution in [2.45, 2.75) is 20.5 Å². The highest BCUT2D eigenvalue weighted by Gasteiger charge is 2.18. The first-order valence-corrected chi connectivity index (χ1v) is 4.91. The summed E-state index contributed by atoms with van der Waals surface area (Å²) in [6.07, 6.45) is 0. The molecule has 1 aromatic carbocycles. The molecule has 0 saturated carbocycles. The lowest BCUT2D eigenvalue weighted by molar-refractivity contribution is 0.171. The number of ether oxygens (including phenoxy) is 3. The van der Waals surface area contributed by atoms with Gasteiger partial charge in [0.25, 0.3) is 0 Å². The molecule has 2 rings (SSSR count). The molecule has 0 spiro atoms. The van der Waals surface area contributed by atoms with E-state index in [1.165, 1.54) is 0 Å². The topological polar surface area (TPSA) is 47.9 Å². The van der Waals surface area contributed by atoms with E-state index < -0.39 is 0 Å². The highest BCUT2D eigenvalue weighted by Crippen LogP contribution is 2.41. The Labute approximate surface area is 89.4 Å². The van der Waals surface area contributed by atoms with Gasteiger partial charge in [0.05, 0.1) is 6.61 Å². The summed E-state index contributed by atoms with van der Waals surface area (Å²) in [4.78, 5) is 0. The van der Waals surface area contributed by atoms with Crippen LogP contribution in [0.1, 0.15) is 19.4 Å². The SMILES string of the molecule is CC.COCc1cc(O)c2c(c1)OCO2. The fourth-order valence-electron chi connectivity index (χ4n) is 1.30. The molecule has 0 radical (unpaired) electrons. The van der Waals surface area contributed by atoms with E-state index in [0.717, 1.165) is 5.56 Å². The first-order chi connectivity index (χ1) is 7.31. The molecule has 0 bridgehead atoms. The van der Waals surface area contributed by atoms with Gasteiger partial charge in [-0.05, 0) is 17.7 Å². The van der Waals surface area contributed by atoms with E-state index in [1.807, 2.05) is 13.8 Å². The molecule has 1 N–H and O–H groups in total. The van der Waals surface area contributed by atoms with Gasteiger partial charge in [-0.2, -0.15) is 0 Å². The highest BCUT2D eigenvalue weighted by atomic mass is 16.7. The quantitative estimate of drug-likeness (QED) is 0.817. The molecule has 4 heteroatoms. The molecule has 0 unspecified atom stereocenters. The van der Waals surface area contributed by atoms with Crippen molar-refractivity contribution in [2.75, 3.05) is 13.9 Å². The molecule has 1 aliphatic rings. The zero-order valence-corrected chi connectivity index (χ0v) is 9.24. The first-order valence-electron chi connectivity index (χ1n) is 4.91. The van der Waals surface area contributed by atoms with E-state index in [-0.39, 0.29) is 12.5 Å². The lowest BCUT2D eigenvalue weighted by Crippen LogP contribution is -1.93. The summed E-state index contributed by atoms with van der Waals surface area (Å²) in [7, 11) is 1.60. The molecule has 1 heterocycles. The Morgan fingerprint density at radius 3 is 2.73 bits per heavy atom.